The average molecular weight is 168 g/mol. The lowest BCUT2D eigenvalue weighted by molar-refractivity contribution is -0.0990. The number of ether oxygens (including phenoxy) is 1. The highest BCUT2D eigenvalue weighted by Crippen LogP contribution is 2.27. The van der Waals surface area contributed by atoms with Crippen LogP contribution in [0.25, 0.3) is 0 Å². The normalized spacial score (nSPS) is 14.7. The molecule has 62 valence electrons. The Morgan fingerprint density at radius 1 is 1.20 bits per heavy atom. The molecule has 1 unspecified atom stereocenters. The summed E-state index contributed by atoms with van der Waals surface area (Å²) in [4.78, 5) is 16.7. The number of hydrogen-bond acceptors (Lipinski definition) is 4. The first-order chi connectivity index (χ1) is 4.52. The fourth-order valence-electron chi connectivity index (χ4n) is 0.541. The summed E-state index contributed by atoms with van der Waals surface area (Å²) >= 11 is 0. The van der Waals surface area contributed by atoms with Gasteiger partial charge < -0.3 is 14.5 Å². The SMILES string of the molecule is CC(C)OC(C)OP(O)O. The van der Waals surface area contributed by atoms with Gasteiger partial charge in [0, 0.05) is 0 Å². The molecule has 0 aliphatic heterocycles. The van der Waals surface area contributed by atoms with E-state index in [1.54, 1.807) is 6.92 Å². The quantitative estimate of drug-likeness (QED) is 0.485. The van der Waals surface area contributed by atoms with Gasteiger partial charge in [-0.05, 0) is 20.8 Å². The van der Waals surface area contributed by atoms with Crippen LogP contribution >= 0.6 is 8.60 Å². The Kier molecular flexibility index (Phi) is 5.13. The van der Waals surface area contributed by atoms with Gasteiger partial charge in [-0.25, -0.2) is 0 Å². The number of hydrogen-bond donors (Lipinski definition) is 2. The summed E-state index contributed by atoms with van der Waals surface area (Å²) in [5, 5.41) is 0. The van der Waals surface area contributed by atoms with Crippen molar-refractivity contribution in [3.8, 4) is 0 Å². The second kappa shape index (κ2) is 4.99. The molecule has 0 aliphatic rings. The molecule has 2 N–H and O–H groups in total. The molecule has 0 radical (unpaired) electrons. The summed E-state index contributed by atoms with van der Waals surface area (Å²) < 4.78 is 9.55. The Hall–Kier alpha value is 0.270. The Bertz CT molecular complexity index is 75.7. The third-order valence-corrected chi connectivity index (χ3v) is 1.19. The van der Waals surface area contributed by atoms with E-state index in [0.29, 0.717) is 0 Å². The molecule has 0 bridgehead atoms. The smallest absolute Gasteiger partial charge is 0.329 e. The zero-order valence-electron chi connectivity index (χ0n) is 6.31. The standard InChI is InChI=1S/C5H13O4P/c1-4(2)8-5(3)9-10(6)7/h4-7H,1-3H3. The lowest BCUT2D eigenvalue weighted by Gasteiger charge is -2.15. The molecule has 0 aliphatic carbocycles. The van der Waals surface area contributed by atoms with Gasteiger partial charge in [0.15, 0.2) is 6.29 Å². The van der Waals surface area contributed by atoms with Crippen molar-refractivity contribution < 1.29 is 19.0 Å². The third kappa shape index (κ3) is 6.39. The van der Waals surface area contributed by atoms with Crippen molar-refractivity contribution in [2.45, 2.75) is 33.2 Å². The highest BCUT2D eigenvalue weighted by atomic mass is 31.2. The van der Waals surface area contributed by atoms with E-state index in [2.05, 4.69) is 4.52 Å². The van der Waals surface area contributed by atoms with Crippen LogP contribution < -0.4 is 0 Å². The van der Waals surface area contributed by atoms with Crippen LogP contribution in [-0.4, -0.2) is 22.2 Å². The van der Waals surface area contributed by atoms with E-state index in [9.17, 15) is 0 Å². The van der Waals surface area contributed by atoms with E-state index < -0.39 is 14.9 Å². The highest BCUT2D eigenvalue weighted by Gasteiger charge is 2.09. The minimum absolute atomic E-state index is 0.0324. The van der Waals surface area contributed by atoms with Crippen molar-refractivity contribution in [2.24, 2.45) is 0 Å². The maximum absolute atomic E-state index is 8.35. The van der Waals surface area contributed by atoms with Crippen LogP contribution in [0, 0.1) is 0 Å². The first kappa shape index (κ1) is 10.3. The van der Waals surface area contributed by atoms with Crippen molar-refractivity contribution in [3.63, 3.8) is 0 Å². The van der Waals surface area contributed by atoms with E-state index in [-0.39, 0.29) is 6.10 Å². The molecule has 0 fully saturated rings. The molecule has 10 heavy (non-hydrogen) atoms. The molecule has 1 atom stereocenters. The molecular formula is C5H13O4P. The van der Waals surface area contributed by atoms with Gasteiger partial charge >= 0.3 is 8.60 Å². The summed E-state index contributed by atoms with van der Waals surface area (Å²) in [6.07, 6.45) is -0.522. The topological polar surface area (TPSA) is 58.9 Å². The highest BCUT2D eigenvalue weighted by molar-refractivity contribution is 7.39. The van der Waals surface area contributed by atoms with Gasteiger partial charge in [0.25, 0.3) is 0 Å². The zero-order chi connectivity index (χ0) is 8.15. The van der Waals surface area contributed by atoms with E-state index >= 15 is 0 Å². The molecule has 0 aromatic carbocycles. The van der Waals surface area contributed by atoms with E-state index in [0.717, 1.165) is 0 Å². The molecule has 5 heteroatoms. The molecule has 0 heterocycles. The van der Waals surface area contributed by atoms with Gasteiger partial charge in [0.2, 0.25) is 0 Å². The van der Waals surface area contributed by atoms with Crippen LogP contribution in [0.2, 0.25) is 0 Å². The second-order valence-corrected chi connectivity index (χ2v) is 2.83. The molecule has 0 saturated carbocycles. The molecule has 0 rings (SSSR count). The van der Waals surface area contributed by atoms with Crippen molar-refractivity contribution in [1.29, 1.82) is 0 Å². The van der Waals surface area contributed by atoms with Gasteiger partial charge in [-0.1, -0.05) is 0 Å². The summed E-state index contributed by atoms with van der Waals surface area (Å²) in [6, 6.07) is 0. The molecule has 0 amide bonds. The molecule has 0 spiro atoms. The van der Waals surface area contributed by atoms with Gasteiger partial charge in [-0.15, -0.1) is 0 Å². The Labute approximate surface area is 61.8 Å². The first-order valence-corrected chi connectivity index (χ1v) is 4.19. The largest absolute Gasteiger partial charge is 0.350 e. The summed E-state index contributed by atoms with van der Waals surface area (Å²) in [5.41, 5.74) is 0. The predicted octanol–water partition coefficient (Wildman–Crippen LogP) is 0.985. The van der Waals surface area contributed by atoms with Gasteiger partial charge in [0.1, 0.15) is 0 Å². The van der Waals surface area contributed by atoms with Gasteiger partial charge in [-0.2, -0.15) is 0 Å². The molecule has 0 aromatic rings. The minimum Gasteiger partial charge on any atom is -0.350 e. The van der Waals surface area contributed by atoms with Crippen LogP contribution in [0.15, 0.2) is 0 Å². The first-order valence-electron chi connectivity index (χ1n) is 3.02. The van der Waals surface area contributed by atoms with Crippen LogP contribution in [0.4, 0.5) is 0 Å². The van der Waals surface area contributed by atoms with Crippen molar-refractivity contribution in [1.82, 2.24) is 0 Å². The maximum atomic E-state index is 8.35. The predicted molar refractivity (Wildman–Crippen MR) is 38.1 cm³/mol. The van der Waals surface area contributed by atoms with Crippen molar-refractivity contribution in [2.75, 3.05) is 0 Å². The van der Waals surface area contributed by atoms with Gasteiger partial charge in [-0.3, -0.25) is 4.52 Å². The molecule has 4 nitrogen and oxygen atoms in total. The minimum atomic E-state index is -2.30. The average Bonchev–Trinajstić information content (AvgIpc) is 1.58. The Morgan fingerprint density at radius 2 is 1.70 bits per heavy atom. The fraction of sp³-hybridized carbons (Fsp3) is 1.00. The summed E-state index contributed by atoms with van der Waals surface area (Å²) in [5.74, 6) is 0. The molecular weight excluding hydrogens is 155 g/mol. The molecule has 0 saturated heterocycles. The van der Waals surface area contributed by atoms with Crippen LogP contribution in [-0.2, 0) is 9.26 Å². The van der Waals surface area contributed by atoms with Crippen LogP contribution in [0.3, 0.4) is 0 Å². The Balaban J connectivity index is 3.34. The maximum Gasteiger partial charge on any atom is 0.329 e. The van der Waals surface area contributed by atoms with E-state index in [4.69, 9.17) is 14.5 Å². The summed E-state index contributed by atoms with van der Waals surface area (Å²) in [6.45, 7) is 5.30. The summed E-state index contributed by atoms with van der Waals surface area (Å²) in [7, 11) is -2.30. The van der Waals surface area contributed by atoms with Crippen molar-refractivity contribution >= 4 is 8.60 Å². The fourth-order valence-corrected chi connectivity index (χ4v) is 0.856. The lowest BCUT2D eigenvalue weighted by atomic mass is 10.5. The van der Waals surface area contributed by atoms with E-state index in [1.807, 2.05) is 13.8 Å². The zero-order valence-corrected chi connectivity index (χ0v) is 7.21. The van der Waals surface area contributed by atoms with Gasteiger partial charge in [0.05, 0.1) is 6.10 Å². The number of rotatable bonds is 4. The van der Waals surface area contributed by atoms with Crippen molar-refractivity contribution in [3.05, 3.63) is 0 Å². The van der Waals surface area contributed by atoms with Crippen LogP contribution in [0.1, 0.15) is 20.8 Å². The van der Waals surface area contributed by atoms with E-state index in [1.165, 1.54) is 0 Å². The lowest BCUT2D eigenvalue weighted by Crippen LogP contribution is -2.15. The molecule has 0 aromatic heterocycles. The third-order valence-electron chi connectivity index (χ3n) is 0.707. The Morgan fingerprint density at radius 3 is 2.00 bits per heavy atom. The second-order valence-electron chi connectivity index (χ2n) is 2.11. The monoisotopic (exact) mass is 168 g/mol. The van der Waals surface area contributed by atoms with Crippen LogP contribution in [0.5, 0.6) is 0 Å².